The first-order chi connectivity index (χ1) is 41.5. The van der Waals surface area contributed by atoms with Crippen LogP contribution in [0, 0.1) is 62.3 Å². The van der Waals surface area contributed by atoms with Crippen molar-refractivity contribution in [1.82, 2.24) is 24.9 Å². The standard InChI is InChI=1S/2C20H21N2.3C12H13N2/c1-14-10-15(2)16(3)19(11-14)20-21-12-18(13-22(20)4)17-8-6-5-7-9-17;1-14-10-15(2)16(3)18(11-14)20-12-19(21-13-22(20)4)17-8-6-5-7-9-17;1-10-6-3-4-7-11(10)12-13-8-5-9-14(12)2;1-10-5-3-4-6-11(10)12-9-13-7-8-14(12)2;1-10-5-3-4-6-11(10)12-7-8-13-9-14(12)2/h2*5-13H,1-4H3;3*3-9H,1-2H3/q5*+1. The summed E-state index contributed by atoms with van der Waals surface area (Å²) in [6.45, 7) is 19.3. The van der Waals surface area contributed by atoms with Gasteiger partial charge in [-0.25, -0.2) is 18.3 Å². The van der Waals surface area contributed by atoms with Crippen molar-refractivity contribution < 1.29 is 22.8 Å². The van der Waals surface area contributed by atoms with Gasteiger partial charge in [0, 0.05) is 34.9 Å². The van der Waals surface area contributed by atoms with Crippen LogP contribution in [0.15, 0.2) is 238 Å². The fourth-order valence-corrected chi connectivity index (χ4v) is 10.3. The van der Waals surface area contributed by atoms with Gasteiger partial charge in [-0.3, -0.25) is 4.98 Å². The van der Waals surface area contributed by atoms with Crippen molar-refractivity contribution in [2.75, 3.05) is 0 Å². The number of aromatic nitrogens is 10. The fraction of sp³-hybridized carbons (Fsp3) is 0.184. The van der Waals surface area contributed by atoms with Crippen LogP contribution in [0.1, 0.15) is 50.1 Å². The van der Waals surface area contributed by atoms with Crippen LogP contribution in [0.3, 0.4) is 0 Å². The van der Waals surface area contributed by atoms with Gasteiger partial charge in [-0.15, -0.1) is 0 Å². The maximum Gasteiger partial charge on any atom is 0.330 e. The van der Waals surface area contributed by atoms with E-state index in [2.05, 4.69) is 237 Å². The molecule has 0 amide bonds. The molecule has 0 atom stereocenters. The Morgan fingerprint density at radius 2 is 0.826 bits per heavy atom. The Morgan fingerprint density at radius 1 is 0.302 bits per heavy atom. The summed E-state index contributed by atoms with van der Waals surface area (Å²) in [6.07, 6.45) is 19.1. The predicted molar refractivity (Wildman–Crippen MR) is 348 cm³/mol. The SMILES string of the molecule is Cc1cc(C)c(C)c(-c2cc(-c3ccccc3)nc[n+]2C)c1.Cc1cc(C)c(C)c(-c2ncc(-c3ccccc3)c[n+]2C)c1.Cc1ccccc1-c1ccnc[n+]1C.Cc1ccccc1-c1cncc[n+]1C.Cc1ccccc1-c1nccc[n+]1C. The Labute approximate surface area is 509 Å². The van der Waals surface area contributed by atoms with E-state index in [1.807, 2.05) is 136 Å². The van der Waals surface area contributed by atoms with Crippen LogP contribution in [0.2, 0.25) is 0 Å². The first-order valence-electron chi connectivity index (χ1n) is 29.1. The van der Waals surface area contributed by atoms with Crippen LogP contribution in [0.5, 0.6) is 0 Å². The molecule has 0 N–H and O–H groups in total. The topological polar surface area (TPSA) is 83.8 Å². The zero-order valence-electron chi connectivity index (χ0n) is 52.5. The zero-order chi connectivity index (χ0) is 61.3. The predicted octanol–water partition coefficient (Wildman–Crippen LogP) is 14.0. The summed E-state index contributed by atoms with van der Waals surface area (Å²) in [7, 11) is 10.2. The number of aryl methyl sites for hydroxylation is 12. The van der Waals surface area contributed by atoms with Gasteiger partial charge in [-0.1, -0.05) is 144 Å². The smallest absolute Gasteiger partial charge is 0.252 e. The second-order valence-electron chi connectivity index (χ2n) is 21.9. The Morgan fingerprint density at radius 3 is 1.40 bits per heavy atom. The minimum absolute atomic E-state index is 1.00. The highest BCUT2D eigenvalue weighted by Crippen LogP contribution is 2.29. The van der Waals surface area contributed by atoms with Gasteiger partial charge in [0.1, 0.15) is 37.0 Å². The molecule has 0 unspecified atom stereocenters. The Kier molecular flexibility index (Phi) is 21.2. The maximum absolute atomic E-state index is 4.73. The van der Waals surface area contributed by atoms with Crippen molar-refractivity contribution >= 4 is 0 Å². The molecular formula is C76H81N10+5. The van der Waals surface area contributed by atoms with Gasteiger partial charge in [0.15, 0.2) is 18.1 Å². The van der Waals surface area contributed by atoms with Crippen molar-refractivity contribution in [3.8, 4) is 78.9 Å². The minimum Gasteiger partial charge on any atom is -0.252 e. The molecule has 0 radical (unpaired) electrons. The lowest BCUT2D eigenvalue weighted by Gasteiger charge is -2.11. The lowest BCUT2D eigenvalue weighted by molar-refractivity contribution is -0.663. The largest absolute Gasteiger partial charge is 0.330 e. The molecule has 7 aromatic carbocycles. The molecule has 10 heteroatoms. The van der Waals surface area contributed by atoms with Crippen LogP contribution >= 0.6 is 0 Å². The van der Waals surface area contributed by atoms with Crippen molar-refractivity contribution in [2.45, 2.75) is 62.3 Å². The summed E-state index contributed by atoms with van der Waals surface area (Å²) in [6, 6.07) is 60.7. The average molecular weight is 1130 g/mol. The van der Waals surface area contributed by atoms with Crippen molar-refractivity contribution in [2.24, 2.45) is 35.2 Å². The van der Waals surface area contributed by atoms with Crippen LogP contribution in [-0.4, -0.2) is 24.9 Å². The van der Waals surface area contributed by atoms with Gasteiger partial charge in [-0.2, -0.15) is 4.57 Å². The number of benzene rings is 7. The van der Waals surface area contributed by atoms with Gasteiger partial charge in [-0.05, 0) is 152 Å². The molecule has 430 valence electrons. The fourth-order valence-electron chi connectivity index (χ4n) is 10.3. The van der Waals surface area contributed by atoms with E-state index in [4.69, 9.17) is 4.98 Å². The third-order valence-electron chi connectivity index (χ3n) is 15.4. The van der Waals surface area contributed by atoms with E-state index in [1.165, 1.54) is 94.8 Å². The molecule has 0 aliphatic carbocycles. The van der Waals surface area contributed by atoms with Crippen molar-refractivity contribution in [1.29, 1.82) is 0 Å². The molecule has 5 heterocycles. The molecule has 86 heavy (non-hydrogen) atoms. The summed E-state index contributed by atoms with van der Waals surface area (Å²) in [5, 5.41) is 0. The summed E-state index contributed by atoms with van der Waals surface area (Å²) < 4.78 is 10.3. The van der Waals surface area contributed by atoms with Crippen molar-refractivity contribution in [3.63, 3.8) is 0 Å². The second kappa shape index (κ2) is 29.5. The van der Waals surface area contributed by atoms with Gasteiger partial charge in [0.05, 0.1) is 69.0 Å². The molecule has 5 aromatic heterocycles. The summed E-state index contributed by atoms with van der Waals surface area (Å²) in [4.78, 5) is 21.9. The molecule has 0 aliphatic heterocycles. The molecule has 12 rings (SSSR count). The molecule has 0 aliphatic rings. The first kappa shape index (κ1) is 62.0. The molecule has 0 spiro atoms. The van der Waals surface area contributed by atoms with Gasteiger partial charge < -0.3 is 0 Å². The van der Waals surface area contributed by atoms with Crippen LogP contribution in [-0.2, 0) is 35.2 Å². The Hall–Kier alpha value is -10.1. The summed E-state index contributed by atoms with van der Waals surface area (Å²) in [5.74, 6) is 2.01. The number of rotatable bonds is 7. The third kappa shape index (κ3) is 15.8. The monoisotopic (exact) mass is 1130 g/mol. The number of hydrogen-bond donors (Lipinski definition) is 0. The molecular weight excluding hydrogens is 1050 g/mol. The number of nitrogens with zero attached hydrogens (tertiary/aromatic N) is 10. The van der Waals surface area contributed by atoms with E-state index in [0.717, 1.165) is 34.2 Å². The minimum atomic E-state index is 1.00. The van der Waals surface area contributed by atoms with Gasteiger partial charge in [0.2, 0.25) is 5.69 Å². The quantitative estimate of drug-likeness (QED) is 0.149. The third-order valence-corrected chi connectivity index (χ3v) is 15.4. The Balaban J connectivity index is 0.000000142. The first-order valence-corrected chi connectivity index (χ1v) is 29.1. The highest BCUT2D eigenvalue weighted by molar-refractivity contribution is 5.70. The van der Waals surface area contributed by atoms with E-state index in [0.29, 0.717) is 0 Å². The van der Waals surface area contributed by atoms with E-state index in [-0.39, 0.29) is 0 Å². The molecule has 10 nitrogen and oxygen atoms in total. The molecule has 12 aromatic rings. The van der Waals surface area contributed by atoms with E-state index >= 15 is 0 Å². The van der Waals surface area contributed by atoms with Crippen LogP contribution in [0.4, 0.5) is 0 Å². The van der Waals surface area contributed by atoms with E-state index < -0.39 is 0 Å². The summed E-state index contributed by atoms with van der Waals surface area (Å²) >= 11 is 0. The lowest BCUT2D eigenvalue weighted by atomic mass is 9.97. The van der Waals surface area contributed by atoms with Crippen LogP contribution in [0.25, 0.3) is 78.9 Å². The highest BCUT2D eigenvalue weighted by Gasteiger charge is 2.20. The summed E-state index contributed by atoms with van der Waals surface area (Å²) in [5.41, 5.74) is 25.8. The average Bonchev–Trinajstić information content (AvgIpc) is 1.88. The normalized spacial score (nSPS) is 10.4. The van der Waals surface area contributed by atoms with Gasteiger partial charge >= 0.3 is 11.6 Å². The molecule has 0 bridgehead atoms. The molecule has 0 saturated heterocycles. The van der Waals surface area contributed by atoms with Crippen LogP contribution < -0.4 is 22.8 Å². The molecule has 0 saturated carbocycles. The number of hydrogen-bond acceptors (Lipinski definition) is 5. The second-order valence-corrected chi connectivity index (χ2v) is 21.9. The van der Waals surface area contributed by atoms with E-state index in [1.54, 1.807) is 6.20 Å². The maximum atomic E-state index is 4.73. The molecule has 0 fully saturated rings. The lowest BCUT2D eigenvalue weighted by Crippen LogP contribution is -2.32. The zero-order valence-corrected chi connectivity index (χ0v) is 52.5. The highest BCUT2D eigenvalue weighted by atomic mass is 15.0. The van der Waals surface area contributed by atoms with E-state index in [9.17, 15) is 0 Å². The Bertz CT molecular complexity index is 3900. The van der Waals surface area contributed by atoms with Crippen molar-refractivity contribution in [3.05, 3.63) is 288 Å². The van der Waals surface area contributed by atoms with Gasteiger partial charge in [0.25, 0.3) is 12.7 Å².